The van der Waals surface area contributed by atoms with Gasteiger partial charge in [0.25, 0.3) is 0 Å². The topological polar surface area (TPSA) is 83.8 Å². The largest absolute Gasteiger partial charge is 0.356 e. The van der Waals surface area contributed by atoms with Crippen molar-refractivity contribution in [1.29, 1.82) is 0 Å². The van der Waals surface area contributed by atoms with Gasteiger partial charge in [0.2, 0.25) is 5.91 Å². The van der Waals surface area contributed by atoms with Crippen molar-refractivity contribution >= 4 is 5.91 Å². The molecule has 0 aromatic carbocycles. The Kier molecular flexibility index (Phi) is 7.18. The Labute approximate surface area is 115 Å². The smallest absolute Gasteiger partial charge is 0.220 e. The van der Waals surface area contributed by atoms with Crippen LogP contribution in [0.5, 0.6) is 0 Å². The second-order valence-corrected chi connectivity index (χ2v) is 5.42. The number of nitrogens with two attached hydrogens (primary N) is 1. The number of hydrogen-bond donors (Lipinski definition) is 3. The first-order valence-corrected chi connectivity index (χ1v) is 7.06. The summed E-state index contributed by atoms with van der Waals surface area (Å²) in [7, 11) is 0. The van der Waals surface area contributed by atoms with Crippen LogP contribution in [0, 0.1) is 11.8 Å². The van der Waals surface area contributed by atoms with Crippen LogP contribution in [0.15, 0.2) is 12.4 Å². The fourth-order valence-corrected chi connectivity index (χ4v) is 2.18. The summed E-state index contributed by atoms with van der Waals surface area (Å²) in [4.78, 5) is 19.0. The lowest BCUT2D eigenvalue weighted by atomic mass is 9.94. The minimum absolute atomic E-state index is 0.107. The lowest BCUT2D eigenvalue weighted by molar-refractivity contribution is -0.122. The van der Waals surface area contributed by atoms with E-state index < -0.39 is 0 Å². The Morgan fingerprint density at radius 2 is 2.32 bits per heavy atom. The van der Waals surface area contributed by atoms with Gasteiger partial charge in [-0.25, -0.2) is 4.98 Å². The van der Waals surface area contributed by atoms with Crippen LogP contribution in [0.1, 0.15) is 38.9 Å². The van der Waals surface area contributed by atoms with Gasteiger partial charge in [-0.3, -0.25) is 4.79 Å². The molecule has 0 fully saturated rings. The van der Waals surface area contributed by atoms with Crippen LogP contribution in [-0.4, -0.2) is 29.0 Å². The SMILES string of the molecule is CC(C)CC(CN)CC(=O)NCCCc1ncc[nH]1. The number of aromatic amines is 1. The lowest BCUT2D eigenvalue weighted by Crippen LogP contribution is -2.29. The lowest BCUT2D eigenvalue weighted by Gasteiger charge is -2.16. The maximum Gasteiger partial charge on any atom is 0.220 e. The van der Waals surface area contributed by atoms with Crippen LogP contribution >= 0.6 is 0 Å². The van der Waals surface area contributed by atoms with Crippen molar-refractivity contribution in [2.75, 3.05) is 13.1 Å². The van der Waals surface area contributed by atoms with Crippen LogP contribution < -0.4 is 11.1 Å². The fourth-order valence-electron chi connectivity index (χ4n) is 2.18. The molecule has 0 aliphatic heterocycles. The molecule has 19 heavy (non-hydrogen) atoms. The molecule has 1 unspecified atom stereocenters. The Bertz CT molecular complexity index is 348. The van der Waals surface area contributed by atoms with Gasteiger partial charge in [-0.15, -0.1) is 0 Å². The molecule has 0 spiro atoms. The van der Waals surface area contributed by atoms with Crippen molar-refractivity contribution in [1.82, 2.24) is 15.3 Å². The number of aromatic nitrogens is 2. The molecular formula is C14H26N4O. The Morgan fingerprint density at radius 3 is 2.89 bits per heavy atom. The van der Waals surface area contributed by atoms with E-state index in [2.05, 4.69) is 29.1 Å². The van der Waals surface area contributed by atoms with E-state index in [9.17, 15) is 4.79 Å². The van der Waals surface area contributed by atoms with E-state index in [0.29, 0.717) is 31.3 Å². The third kappa shape index (κ3) is 6.96. The maximum absolute atomic E-state index is 11.8. The standard InChI is InChI=1S/C14H26N4O/c1-11(2)8-12(10-15)9-14(19)18-5-3-4-13-16-6-7-17-13/h6-7,11-12H,3-5,8-10,15H2,1-2H3,(H,16,17)(H,18,19). The van der Waals surface area contributed by atoms with Gasteiger partial charge in [0, 0.05) is 31.8 Å². The molecule has 0 radical (unpaired) electrons. The minimum Gasteiger partial charge on any atom is -0.356 e. The van der Waals surface area contributed by atoms with E-state index in [1.807, 2.05) is 6.20 Å². The van der Waals surface area contributed by atoms with Gasteiger partial charge in [0.15, 0.2) is 0 Å². The maximum atomic E-state index is 11.8. The monoisotopic (exact) mass is 266 g/mol. The highest BCUT2D eigenvalue weighted by Crippen LogP contribution is 2.13. The van der Waals surface area contributed by atoms with E-state index >= 15 is 0 Å². The fraction of sp³-hybridized carbons (Fsp3) is 0.714. The molecule has 5 heteroatoms. The van der Waals surface area contributed by atoms with Crippen LogP contribution in [0.25, 0.3) is 0 Å². The Balaban J connectivity index is 2.12. The van der Waals surface area contributed by atoms with Gasteiger partial charge < -0.3 is 16.0 Å². The molecule has 108 valence electrons. The Hall–Kier alpha value is -1.36. The van der Waals surface area contributed by atoms with Gasteiger partial charge in [0.1, 0.15) is 5.82 Å². The van der Waals surface area contributed by atoms with Crippen molar-refractivity contribution in [3.63, 3.8) is 0 Å². The van der Waals surface area contributed by atoms with Gasteiger partial charge in [0.05, 0.1) is 0 Å². The highest BCUT2D eigenvalue weighted by Gasteiger charge is 2.13. The number of hydrogen-bond acceptors (Lipinski definition) is 3. The minimum atomic E-state index is 0.107. The molecule has 1 rings (SSSR count). The number of imidazole rings is 1. The number of nitrogens with one attached hydrogen (secondary N) is 2. The van der Waals surface area contributed by atoms with Crippen molar-refractivity contribution in [2.24, 2.45) is 17.6 Å². The summed E-state index contributed by atoms with van der Waals surface area (Å²) in [6.45, 7) is 5.59. The zero-order chi connectivity index (χ0) is 14.1. The first kappa shape index (κ1) is 15.7. The van der Waals surface area contributed by atoms with Crippen molar-refractivity contribution < 1.29 is 4.79 Å². The number of carbonyl (C=O) groups excluding carboxylic acids is 1. The molecule has 0 aliphatic rings. The summed E-state index contributed by atoms with van der Waals surface area (Å²) in [5.74, 6) is 1.95. The van der Waals surface area contributed by atoms with E-state index in [4.69, 9.17) is 5.73 Å². The first-order chi connectivity index (χ1) is 9.11. The van der Waals surface area contributed by atoms with Gasteiger partial charge >= 0.3 is 0 Å². The molecule has 0 bridgehead atoms. The molecule has 1 atom stereocenters. The van der Waals surface area contributed by atoms with E-state index in [-0.39, 0.29) is 5.91 Å². The predicted molar refractivity (Wildman–Crippen MR) is 76.5 cm³/mol. The van der Waals surface area contributed by atoms with Gasteiger partial charge in [-0.05, 0) is 31.2 Å². The summed E-state index contributed by atoms with van der Waals surface area (Å²) in [6.07, 6.45) is 6.86. The van der Waals surface area contributed by atoms with E-state index in [1.165, 1.54) is 0 Å². The van der Waals surface area contributed by atoms with E-state index in [0.717, 1.165) is 25.1 Å². The number of aryl methyl sites for hydroxylation is 1. The zero-order valence-electron chi connectivity index (χ0n) is 12.0. The normalized spacial score (nSPS) is 12.6. The third-order valence-corrected chi connectivity index (χ3v) is 3.08. The van der Waals surface area contributed by atoms with Crippen molar-refractivity contribution in [2.45, 2.75) is 39.5 Å². The second kappa shape index (κ2) is 8.69. The number of amides is 1. The van der Waals surface area contributed by atoms with Gasteiger partial charge in [-0.1, -0.05) is 13.8 Å². The van der Waals surface area contributed by atoms with Crippen LogP contribution in [0.3, 0.4) is 0 Å². The number of carbonyl (C=O) groups is 1. The number of H-pyrrole nitrogens is 1. The molecular weight excluding hydrogens is 240 g/mol. The summed E-state index contributed by atoms with van der Waals surface area (Å²) in [6, 6.07) is 0. The molecule has 0 saturated heterocycles. The molecule has 4 N–H and O–H groups in total. The second-order valence-electron chi connectivity index (χ2n) is 5.42. The van der Waals surface area contributed by atoms with E-state index in [1.54, 1.807) is 6.20 Å². The summed E-state index contributed by atoms with van der Waals surface area (Å²) < 4.78 is 0. The number of nitrogens with zero attached hydrogens (tertiary/aromatic N) is 1. The molecule has 0 aliphatic carbocycles. The summed E-state index contributed by atoms with van der Waals surface area (Å²) >= 11 is 0. The molecule has 1 amide bonds. The predicted octanol–water partition coefficient (Wildman–Crippen LogP) is 1.47. The third-order valence-electron chi connectivity index (χ3n) is 3.08. The van der Waals surface area contributed by atoms with Crippen LogP contribution in [0.4, 0.5) is 0 Å². The summed E-state index contributed by atoms with van der Waals surface area (Å²) in [5, 5.41) is 2.95. The molecule has 0 saturated carbocycles. The van der Waals surface area contributed by atoms with Crippen molar-refractivity contribution in [3.8, 4) is 0 Å². The molecule has 5 nitrogen and oxygen atoms in total. The quantitative estimate of drug-likeness (QED) is 0.592. The molecule has 1 heterocycles. The molecule has 1 aromatic heterocycles. The average Bonchev–Trinajstić information content (AvgIpc) is 2.86. The van der Waals surface area contributed by atoms with Crippen LogP contribution in [-0.2, 0) is 11.2 Å². The Morgan fingerprint density at radius 1 is 1.53 bits per heavy atom. The summed E-state index contributed by atoms with van der Waals surface area (Å²) in [5.41, 5.74) is 5.70. The molecule has 1 aromatic rings. The van der Waals surface area contributed by atoms with Gasteiger partial charge in [-0.2, -0.15) is 0 Å². The van der Waals surface area contributed by atoms with Crippen LogP contribution in [0.2, 0.25) is 0 Å². The first-order valence-electron chi connectivity index (χ1n) is 7.06. The highest BCUT2D eigenvalue weighted by molar-refractivity contribution is 5.76. The number of rotatable bonds is 9. The zero-order valence-corrected chi connectivity index (χ0v) is 12.0. The van der Waals surface area contributed by atoms with Crippen molar-refractivity contribution in [3.05, 3.63) is 18.2 Å². The highest BCUT2D eigenvalue weighted by atomic mass is 16.1. The average molecular weight is 266 g/mol.